The van der Waals surface area contributed by atoms with Gasteiger partial charge in [-0.05, 0) is 52.1 Å². The van der Waals surface area contributed by atoms with E-state index in [9.17, 15) is 14.4 Å². The van der Waals surface area contributed by atoms with Gasteiger partial charge in [0, 0.05) is 17.2 Å². The van der Waals surface area contributed by atoms with Crippen LogP contribution in [0.25, 0.3) is 0 Å². The molecule has 1 aliphatic heterocycles. The van der Waals surface area contributed by atoms with Crippen molar-refractivity contribution in [3.63, 3.8) is 0 Å². The molecule has 0 radical (unpaired) electrons. The average molecular weight is 546 g/mol. The van der Waals surface area contributed by atoms with Crippen molar-refractivity contribution < 1.29 is 14.4 Å². The zero-order valence-corrected chi connectivity index (χ0v) is 22.1. The van der Waals surface area contributed by atoms with Crippen LogP contribution in [0.5, 0.6) is 0 Å². The molecule has 4 aliphatic rings. The van der Waals surface area contributed by atoms with Gasteiger partial charge in [0.15, 0.2) is 0 Å². The third-order valence-electron chi connectivity index (χ3n) is 8.43. The van der Waals surface area contributed by atoms with E-state index >= 15 is 0 Å². The highest BCUT2D eigenvalue weighted by Crippen LogP contribution is 2.63. The first-order valence-electron chi connectivity index (χ1n) is 13.2. The summed E-state index contributed by atoms with van der Waals surface area (Å²) in [6.07, 6.45) is 1.80. The fraction of sp³-hybridized carbons (Fsp3) is 0.152. The molecule has 7 heteroatoms. The molecule has 3 amide bonds. The predicted octanol–water partition coefficient (Wildman–Crippen LogP) is 5.24. The largest absolute Gasteiger partial charge is 0.274 e. The quantitative estimate of drug-likeness (QED) is 0.212. The molecule has 8 rings (SSSR count). The molecule has 0 spiro atoms. The molecule has 6 nitrogen and oxygen atoms in total. The number of rotatable bonds is 5. The van der Waals surface area contributed by atoms with Crippen LogP contribution in [-0.2, 0) is 26.2 Å². The molecule has 0 unspecified atom stereocenters. The van der Waals surface area contributed by atoms with E-state index in [-0.39, 0.29) is 30.1 Å². The lowest BCUT2D eigenvalue weighted by Gasteiger charge is -2.52. The van der Waals surface area contributed by atoms with Crippen molar-refractivity contribution >= 4 is 41.2 Å². The van der Waals surface area contributed by atoms with Crippen molar-refractivity contribution in [1.29, 1.82) is 0 Å². The van der Waals surface area contributed by atoms with Crippen LogP contribution in [-0.4, -0.2) is 23.9 Å². The first-order valence-corrected chi connectivity index (χ1v) is 13.6. The van der Waals surface area contributed by atoms with E-state index in [0.29, 0.717) is 10.7 Å². The number of carbonyl (C=O) groups is 3. The van der Waals surface area contributed by atoms with Crippen molar-refractivity contribution in [3.8, 4) is 0 Å². The summed E-state index contributed by atoms with van der Waals surface area (Å²) in [5, 5.41) is 5.06. The van der Waals surface area contributed by atoms with Gasteiger partial charge in [-0.15, -0.1) is 0 Å². The second kappa shape index (κ2) is 9.28. The molecule has 3 aliphatic carbocycles. The van der Waals surface area contributed by atoms with Crippen LogP contribution in [0.3, 0.4) is 0 Å². The lowest BCUT2D eigenvalue weighted by atomic mass is 9.47. The van der Waals surface area contributed by atoms with E-state index in [1.807, 2.05) is 66.7 Å². The Labute approximate surface area is 236 Å². The van der Waals surface area contributed by atoms with Crippen LogP contribution >= 0.6 is 11.6 Å². The highest BCUT2D eigenvalue weighted by Gasteiger charge is 2.68. The molecule has 0 saturated carbocycles. The van der Waals surface area contributed by atoms with Gasteiger partial charge < -0.3 is 0 Å². The molecule has 1 saturated heterocycles. The number of halogens is 1. The molecule has 0 aromatic heterocycles. The van der Waals surface area contributed by atoms with Crippen LogP contribution in [0.2, 0.25) is 5.02 Å². The molecular formula is C33H24ClN3O3. The summed E-state index contributed by atoms with van der Waals surface area (Å²) in [6, 6.07) is 32.1. The minimum atomic E-state index is -1.03. The van der Waals surface area contributed by atoms with Crippen molar-refractivity contribution in [2.75, 3.05) is 4.90 Å². The fourth-order valence-corrected chi connectivity index (χ4v) is 7.04. The van der Waals surface area contributed by atoms with Gasteiger partial charge in [-0.2, -0.15) is 5.10 Å². The van der Waals surface area contributed by atoms with Crippen molar-refractivity contribution in [3.05, 3.63) is 136 Å². The third kappa shape index (κ3) is 3.49. The number of carbonyl (C=O) groups excluding carboxylic acids is 3. The Hall–Kier alpha value is -4.55. The zero-order valence-electron chi connectivity index (χ0n) is 21.3. The maximum Gasteiger partial charge on any atom is 0.244 e. The summed E-state index contributed by atoms with van der Waals surface area (Å²) in [6.45, 7) is 0. The normalized spacial score (nSPS) is 24.1. The molecule has 4 aromatic carbocycles. The number of nitrogens with zero attached hydrogens (tertiary/aromatic N) is 2. The Balaban J connectivity index is 1.34. The van der Waals surface area contributed by atoms with E-state index in [1.54, 1.807) is 42.6 Å². The monoisotopic (exact) mass is 545 g/mol. The molecule has 2 bridgehead atoms. The highest BCUT2D eigenvalue weighted by atomic mass is 35.5. The minimum Gasteiger partial charge on any atom is -0.274 e. The zero-order chi connectivity index (χ0) is 27.4. The number of anilines is 1. The van der Waals surface area contributed by atoms with Crippen molar-refractivity contribution in [2.24, 2.45) is 16.9 Å². The maximum absolute atomic E-state index is 14.3. The molecule has 1 fully saturated rings. The Bertz CT molecular complexity index is 1650. The SMILES string of the molecule is O=C(Cc1ccc(Cl)cc1)N/N=C\C12c3ccccc3C(c3ccccc31)[C@@H]1C(=O)N(c3ccccc3)C(=O)[C@H]12. The van der Waals surface area contributed by atoms with Gasteiger partial charge in [-0.25, -0.2) is 10.3 Å². The summed E-state index contributed by atoms with van der Waals surface area (Å²) in [5.41, 5.74) is 6.90. The Kier molecular flexibility index (Phi) is 5.68. The first kappa shape index (κ1) is 24.5. The molecule has 40 heavy (non-hydrogen) atoms. The van der Waals surface area contributed by atoms with Crippen molar-refractivity contribution in [1.82, 2.24) is 5.43 Å². The van der Waals surface area contributed by atoms with Gasteiger partial charge in [0.2, 0.25) is 17.7 Å². The molecule has 2 atom stereocenters. The van der Waals surface area contributed by atoms with E-state index in [4.69, 9.17) is 11.6 Å². The Morgan fingerprint density at radius 2 is 1.43 bits per heavy atom. The smallest absolute Gasteiger partial charge is 0.244 e. The molecular weight excluding hydrogens is 522 g/mol. The fourth-order valence-electron chi connectivity index (χ4n) is 6.91. The van der Waals surface area contributed by atoms with Crippen LogP contribution in [0, 0.1) is 11.8 Å². The summed E-state index contributed by atoms with van der Waals surface area (Å²) >= 11 is 5.97. The predicted molar refractivity (Wildman–Crippen MR) is 153 cm³/mol. The highest BCUT2D eigenvalue weighted by molar-refractivity contribution is 6.30. The van der Waals surface area contributed by atoms with E-state index < -0.39 is 17.3 Å². The van der Waals surface area contributed by atoms with Crippen LogP contribution in [0.15, 0.2) is 108 Å². The summed E-state index contributed by atoms with van der Waals surface area (Å²) in [7, 11) is 0. The molecule has 1 heterocycles. The number of benzene rings is 4. The second-order valence-corrected chi connectivity index (χ2v) is 10.9. The average Bonchev–Trinajstić information content (AvgIpc) is 3.25. The van der Waals surface area contributed by atoms with Gasteiger partial charge >= 0.3 is 0 Å². The Morgan fingerprint density at radius 3 is 2.08 bits per heavy atom. The lowest BCUT2D eigenvalue weighted by molar-refractivity contribution is -0.123. The summed E-state index contributed by atoms with van der Waals surface area (Å²) in [5.74, 6) is -2.30. The van der Waals surface area contributed by atoms with E-state index in [2.05, 4.69) is 10.5 Å². The summed E-state index contributed by atoms with van der Waals surface area (Å²) in [4.78, 5) is 42.5. The topological polar surface area (TPSA) is 78.8 Å². The second-order valence-electron chi connectivity index (χ2n) is 10.5. The van der Waals surface area contributed by atoms with Gasteiger partial charge in [0.25, 0.3) is 0 Å². The van der Waals surface area contributed by atoms with Crippen LogP contribution in [0.1, 0.15) is 33.7 Å². The number of para-hydroxylation sites is 1. The number of nitrogens with one attached hydrogen (secondary N) is 1. The van der Waals surface area contributed by atoms with Crippen LogP contribution in [0.4, 0.5) is 5.69 Å². The third-order valence-corrected chi connectivity index (χ3v) is 8.69. The number of amides is 3. The number of hydrazone groups is 1. The molecule has 1 N–H and O–H groups in total. The standard InChI is InChI=1S/C33H24ClN3O3/c34-21-16-14-20(15-17-21)18-27(38)36-35-19-33-25-12-6-4-10-23(25)28(24-11-5-7-13-26(24)33)29-30(33)32(40)37(31(29)39)22-8-2-1-3-9-22/h1-17,19,28-30H,18H2,(H,36,38)/b35-19-/t28?,29-,30-,33?/m0/s1. The molecule has 4 aromatic rings. The first-order chi connectivity index (χ1) is 19.5. The van der Waals surface area contributed by atoms with Gasteiger partial charge in [-0.1, -0.05) is 90.5 Å². The van der Waals surface area contributed by atoms with Crippen molar-refractivity contribution in [2.45, 2.75) is 17.8 Å². The van der Waals surface area contributed by atoms with E-state index in [0.717, 1.165) is 27.8 Å². The number of imide groups is 1. The Morgan fingerprint density at radius 1 is 0.825 bits per heavy atom. The summed E-state index contributed by atoms with van der Waals surface area (Å²) < 4.78 is 0. The minimum absolute atomic E-state index is 0.127. The lowest BCUT2D eigenvalue weighted by Crippen LogP contribution is -2.54. The van der Waals surface area contributed by atoms with E-state index in [1.165, 1.54) is 4.90 Å². The van der Waals surface area contributed by atoms with Crippen LogP contribution < -0.4 is 10.3 Å². The van der Waals surface area contributed by atoms with Gasteiger partial charge in [0.1, 0.15) is 0 Å². The van der Waals surface area contributed by atoms with Gasteiger partial charge in [0.05, 0.1) is 29.4 Å². The number of hydrogen-bond donors (Lipinski definition) is 1. The van der Waals surface area contributed by atoms with Gasteiger partial charge in [-0.3, -0.25) is 14.4 Å². The number of hydrogen-bond acceptors (Lipinski definition) is 4. The molecule has 196 valence electrons. The maximum atomic E-state index is 14.3.